The van der Waals surface area contributed by atoms with Crippen LogP contribution < -0.4 is 10.5 Å². The number of sulfonamides is 1. The molecule has 0 bridgehead atoms. The second-order valence-electron chi connectivity index (χ2n) is 5.14. The molecule has 1 saturated carbocycles. The van der Waals surface area contributed by atoms with Gasteiger partial charge in [-0.1, -0.05) is 13.0 Å². The summed E-state index contributed by atoms with van der Waals surface area (Å²) in [4.78, 5) is 0.288. The summed E-state index contributed by atoms with van der Waals surface area (Å²) in [6.07, 6.45) is 2.47. The van der Waals surface area contributed by atoms with E-state index in [1.807, 2.05) is 13.0 Å². The number of aryl methyl sites for hydroxylation is 1. The van der Waals surface area contributed by atoms with E-state index in [1.165, 1.54) is 0 Å². The molecule has 5 nitrogen and oxygen atoms in total. The predicted octanol–water partition coefficient (Wildman–Crippen LogP) is 1.16. The predicted molar refractivity (Wildman–Crippen MR) is 77.9 cm³/mol. The molecule has 20 heavy (non-hydrogen) atoms. The molecule has 2 rings (SSSR count). The van der Waals surface area contributed by atoms with E-state index in [0.29, 0.717) is 6.54 Å². The topological polar surface area (TPSA) is 81.4 Å². The van der Waals surface area contributed by atoms with Crippen LogP contribution in [0.4, 0.5) is 0 Å². The number of ether oxygens (including phenoxy) is 1. The van der Waals surface area contributed by atoms with Gasteiger partial charge in [0, 0.05) is 19.7 Å². The van der Waals surface area contributed by atoms with Crippen molar-refractivity contribution >= 4 is 10.0 Å². The lowest BCUT2D eigenvalue weighted by Crippen LogP contribution is -2.47. The molecule has 0 amide bonds. The summed E-state index contributed by atoms with van der Waals surface area (Å²) in [6, 6.07) is 5.13. The summed E-state index contributed by atoms with van der Waals surface area (Å²) < 4.78 is 32.5. The van der Waals surface area contributed by atoms with Gasteiger partial charge in [-0.2, -0.15) is 0 Å². The summed E-state index contributed by atoms with van der Waals surface area (Å²) in [5.74, 6) is 0. The van der Waals surface area contributed by atoms with Gasteiger partial charge in [0.15, 0.2) is 0 Å². The Bertz CT molecular complexity index is 566. The van der Waals surface area contributed by atoms with E-state index in [-0.39, 0.29) is 17.0 Å². The minimum absolute atomic E-state index is 0.0304. The minimum atomic E-state index is -3.47. The van der Waals surface area contributed by atoms with Crippen LogP contribution in [0, 0.1) is 0 Å². The summed E-state index contributed by atoms with van der Waals surface area (Å²) in [5.41, 5.74) is 7.66. The van der Waals surface area contributed by atoms with Crippen LogP contribution in [0.25, 0.3) is 0 Å². The number of methoxy groups -OCH3 is 1. The van der Waals surface area contributed by atoms with E-state index >= 15 is 0 Å². The highest BCUT2D eigenvalue weighted by Gasteiger charge is 2.32. The monoisotopic (exact) mass is 298 g/mol. The van der Waals surface area contributed by atoms with Crippen molar-refractivity contribution in [3.8, 4) is 0 Å². The van der Waals surface area contributed by atoms with Crippen molar-refractivity contribution in [3.63, 3.8) is 0 Å². The van der Waals surface area contributed by atoms with Gasteiger partial charge >= 0.3 is 0 Å². The Hall–Kier alpha value is -0.950. The molecular formula is C14H22N2O3S. The lowest BCUT2D eigenvalue weighted by molar-refractivity contribution is 0.0236. The maximum atomic E-state index is 12.3. The van der Waals surface area contributed by atoms with Gasteiger partial charge in [0.25, 0.3) is 0 Å². The van der Waals surface area contributed by atoms with Crippen molar-refractivity contribution in [1.82, 2.24) is 4.72 Å². The van der Waals surface area contributed by atoms with Crippen molar-refractivity contribution in [2.24, 2.45) is 5.73 Å². The molecule has 112 valence electrons. The molecule has 0 radical (unpaired) electrons. The number of hydrogen-bond acceptors (Lipinski definition) is 4. The Morgan fingerprint density at radius 2 is 2.05 bits per heavy atom. The molecule has 1 aliphatic rings. The molecule has 0 saturated heterocycles. The van der Waals surface area contributed by atoms with Crippen LogP contribution in [0.2, 0.25) is 0 Å². The molecule has 0 aliphatic heterocycles. The Balaban J connectivity index is 2.13. The van der Waals surface area contributed by atoms with Crippen LogP contribution in [-0.2, 0) is 27.7 Å². The lowest BCUT2D eigenvalue weighted by atomic mass is 9.90. The summed E-state index contributed by atoms with van der Waals surface area (Å²) in [5, 5.41) is 0. The number of rotatable bonds is 6. The normalized spacial score (nSPS) is 22.6. The lowest BCUT2D eigenvalue weighted by Gasteiger charge is -2.34. The zero-order valence-corrected chi connectivity index (χ0v) is 12.7. The molecule has 0 spiro atoms. The van der Waals surface area contributed by atoms with Crippen molar-refractivity contribution in [2.45, 2.75) is 49.8 Å². The average Bonchev–Trinajstić information content (AvgIpc) is 2.41. The van der Waals surface area contributed by atoms with Gasteiger partial charge in [0.2, 0.25) is 10.0 Å². The second kappa shape index (κ2) is 6.22. The second-order valence-corrected chi connectivity index (χ2v) is 6.85. The van der Waals surface area contributed by atoms with Gasteiger partial charge < -0.3 is 10.5 Å². The maximum absolute atomic E-state index is 12.3. The van der Waals surface area contributed by atoms with Crippen molar-refractivity contribution in [2.75, 3.05) is 7.11 Å². The van der Waals surface area contributed by atoms with Crippen LogP contribution in [0.3, 0.4) is 0 Å². The van der Waals surface area contributed by atoms with Gasteiger partial charge in [-0.3, -0.25) is 0 Å². The van der Waals surface area contributed by atoms with Gasteiger partial charge in [-0.25, -0.2) is 13.1 Å². The molecule has 0 unspecified atom stereocenters. The molecule has 1 fully saturated rings. The van der Waals surface area contributed by atoms with E-state index in [0.717, 1.165) is 30.4 Å². The van der Waals surface area contributed by atoms with Crippen molar-refractivity contribution in [3.05, 3.63) is 29.3 Å². The van der Waals surface area contributed by atoms with Crippen molar-refractivity contribution in [1.29, 1.82) is 0 Å². The smallest absolute Gasteiger partial charge is 0.240 e. The molecule has 0 atom stereocenters. The maximum Gasteiger partial charge on any atom is 0.240 e. The van der Waals surface area contributed by atoms with E-state index in [4.69, 9.17) is 10.5 Å². The van der Waals surface area contributed by atoms with E-state index in [9.17, 15) is 8.42 Å². The molecule has 0 heterocycles. The standard InChI is InChI=1S/C14H22N2O3S/c1-3-10-4-5-14(6-11(10)9-15)20(17,18)16-12-7-13(8-12)19-2/h4-6,12-13,16H,3,7-9,15H2,1-2H3. The average molecular weight is 298 g/mol. The zero-order valence-electron chi connectivity index (χ0n) is 11.9. The first-order valence-electron chi connectivity index (χ1n) is 6.87. The molecular weight excluding hydrogens is 276 g/mol. The summed E-state index contributed by atoms with van der Waals surface area (Å²) in [7, 11) is -1.83. The molecule has 1 aromatic rings. The fourth-order valence-corrected chi connectivity index (χ4v) is 3.76. The van der Waals surface area contributed by atoms with Gasteiger partial charge in [0.05, 0.1) is 11.0 Å². The van der Waals surface area contributed by atoms with E-state index < -0.39 is 10.0 Å². The van der Waals surface area contributed by atoms with Crippen LogP contribution in [0.1, 0.15) is 30.9 Å². The summed E-state index contributed by atoms with van der Waals surface area (Å²) >= 11 is 0. The van der Waals surface area contributed by atoms with Gasteiger partial charge in [0.1, 0.15) is 0 Å². The first-order chi connectivity index (χ1) is 9.50. The van der Waals surface area contributed by atoms with Crippen LogP contribution >= 0.6 is 0 Å². The fourth-order valence-electron chi connectivity index (χ4n) is 2.45. The first-order valence-corrected chi connectivity index (χ1v) is 8.35. The molecule has 3 N–H and O–H groups in total. The fraction of sp³-hybridized carbons (Fsp3) is 0.571. The summed E-state index contributed by atoms with van der Waals surface area (Å²) in [6.45, 7) is 2.38. The first kappa shape index (κ1) is 15.4. The molecule has 0 aromatic heterocycles. The molecule has 6 heteroatoms. The van der Waals surface area contributed by atoms with Crippen LogP contribution in [-0.4, -0.2) is 27.7 Å². The third-order valence-electron chi connectivity index (χ3n) is 3.84. The Kier molecular flexibility index (Phi) is 4.80. The van der Waals surface area contributed by atoms with Gasteiger partial charge in [-0.05, 0) is 42.5 Å². The third-order valence-corrected chi connectivity index (χ3v) is 5.36. The highest BCUT2D eigenvalue weighted by atomic mass is 32.2. The quantitative estimate of drug-likeness (QED) is 0.826. The van der Waals surface area contributed by atoms with Crippen molar-refractivity contribution < 1.29 is 13.2 Å². The number of nitrogens with two attached hydrogens (primary N) is 1. The Morgan fingerprint density at radius 3 is 2.60 bits per heavy atom. The van der Waals surface area contributed by atoms with Crippen LogP contribution in [0.5, 0.6) is 0 Å². The zero-order chi connectivity index (χ0) is 14.8. The Morgan fingerprint density at radius 1 is 1.35 bits per heavy atom. The molecule has 1 aliphatic carbocycles. The van der Waals surface area contributed by atoms with E-state index in [2.05, 4.69) is 4.72 Å². The largest absolute Gasteiger partial charge is 0.381 e. The van der Waals surface area contributed by atoms with Gasteiger partial charge in [-0.15, -0.1) is 0 Å². The minimum Gasteiger partial charge on any atom is -0.381 e. The Labute approximate surface area is 120 Å². The SMILES string of the molecule is CCc1ccc(S(=O)(=O)NC2CC(OC)C2)cc1CN. The highest BCUT2D eigenvalue weighted by Crippen LogP contribution is 2.25. The molecule has 1 aromatic carbocycles. The highest BCUT2D eigenvalue weighted by molar-refractivity contribution is 7.89. The van der Waals surface area contributed by atoms with Crippen LogP contribution in [0.15, 0.2) is 23.1 Å². The number of benzene rings is 1. The number of hydrogen-bond donors (Lipinski definition) is 2. The number of nitrogens with one attached hydrogen (secondary N) is 1. The third kappa shape index (κ3) is 3.20. The van der Waals surface area contributed by atoms with E-state index in [1.54, 1.807) is 19.2 Å².